The molecule has 0 amide bonds. The van der Waals surface area contributed by atoms with Gasteiger partial charge >= 0.3 is 161 Å². The van der Waals surface area contributed by atoms with Gasteiger partial charge in [-0.25, -0.2) is 0 Å². The summed E-state index contributed by atoms with van der Waals surface area (Å²) in [5.74, 6) is 0.829. The summed E-state index contributed by atoms with van der Waals surface area (Å²) in [6, 6.07) is 10.6. The molecule has 146 valence electrons. The molecule has 2 aromatic heterocycles. The molecule has 1 saturated heterocycles. The first-order valence-corrected chi connectivity index (χ1v) is 12.8. The second-order valence-electron chi connectivity index (χ2n) is 7.61. The van der Waals surface area contributed by atoms with Gasteiger partial charge in [0.15, 0.2) is 0 Å². The Labute approximate surface area is 190 Å². The predicted molar refractivity (Wildman–Crippen MR) is 116 cm³/mol. The van der Waals surface area contributed by atoms with E-state index in [9.17, 15) is 9.90 Å². The number of aromatic nitrogens is 2. The SMILES string of the molecule is C[C@H]1CCN(c2ncncc2C(=O)c2cc(Cc3ccc[c]([Tl])c3)cs2)C[C@@H]1O. The fraction of sp³-hybridized carbons (Fsp3) is 0.318. The summed E-state index contributed by atoms with van der Waals surface area (Å²) in [7, 11) is 0. The minimum atomic E-state index is -0.409. The van der Waals surface area contributed by atoms with Gasteiger partial charge in [0, 0.05) is 0 Å². The summed E-state index contributed by atoms with van der Waals surface area (Å²) in [6.07, 6.45) is 4.37. The molecule has 0 spiro atoms. The predicted octanol–water partition coefficient (Wildman–Crippen LogP) is 2.36. The third kappa shape index (κ3) is 4.75. The van der Waals surface area contributed by atoms with Crippen molar-refractivity contribution in [3.63, 3.8) is 0 Å². The minimum absolute atomic E-state index is 0.0527. The first kappa shape index (κ1) is 20.6. The molecule has 0 unspecified atom stereocenters. The Morgan fingerprint density at radius 1 is 1.34 bits per heavy atom. The molecule has 5 nitrogen and oxygen atoms in total. The summed E-state index contributed by atoms with van der Waals surface area (Å²) in [5, 5.41) is 12.3. The van der Waals surface area contributed by atoms with E-state index >= 15 is 0 Å². The number of benzene rings is 1. The fourth-order valence-corrected chi connectivity index (χ4v) is 5.77. The molecule has 1 N–H and O–H groups in total. The fourth-order valence-electron chi connectivity index (χ4n) is 3.64. The number of carbonyl (C=O) groups excluding carboxylic acids is 1. The van der Waals surface area contributed by atoms with Gasteiger partial charge in [-0.3, -0.25) is 0 Å². The third-order valence-electron chi connectivity index (χ3n) is 5.39. The van der Waals surface area contributed by atoms with Crippen molar-refractivity contribution in [2.75, 3.05) is 18.0 Å². The number of thiophene rings is 1. The van der Waals surface area contributed by atoms with Crippen molar-refractivity contribution < 1.29 is 9.90 Å². The number of hydrogen-bond acceptors (Lipinski definition) is 6. The molecule has 3 heterocycles. The van der Waals surface area contributed by atoms with Crippen LogP contribution in [0.5, 0.6) is 0 Å². The van der Waals surface area contributed by atoms with Crippen LogP contribution in [0.15, 0.2) is 48.2 Å². The molecule has 0 bridgehead atoms. The van der Waals surface area contributed by atoms with Gasteiger partial charge in [0.05, 0.1) is 6.10 Å². The van der Waals surface area contributed by atoms with Gasteiger partial charge in [0.25, 0.3) is 0 Å². The van der Waals surface area contributed by atoms with Gasteiger partial charge < -0.3 is 5.11 Å². The van der Waals surface area contributed by atoms with Crippen molar-refractivity contribution in [1.82, 2.24) is 9.97 Å². The van der Waals surface area contributed by atoms with Crippen LogP contribution < -0.4 is 8.02 Å². The Hall–Kier alpha value is -1.65. The van der Waals surface area contributed by atoms with E-state index in [0.717, 1.165) is 50.7 Å². The minimum Gasteiger partial charge on any atom is -0.391 e. The standard InChI is InChI=1S/C22H22N3O2S.Tl/c1-15-7-8-25(12-19(15)26)22-18(11-23-14-24-22)21(27)20-10-17(13-28-20)9-16-5-3-2-4-6-16;/h2-3,5-6,10-11,13-15,19,26H,7-9,12H2,1H3;/t15-,19-;/m0./s1. The molecule has 1 aliphatic rings. The van der Waals surface area contributed by atoms with Gasteiger partial charge in [0.2, 0.25) is 0 Å². The van der Waals surface area contributed by atoms with E-state index < -0.39 is 6.10 Å². The average Bonchev–Trinajstić information content (AvgIpc) is 3.18. The second kappa shape index (κ2) is 9.01. The van der Waals surface area contributed by atoms with Crippen LogP contribution in [0.25, 0.3) is 0 Å². The molecule has 29 heavy (non-hydrogen) atoms. The number of β-amino-alcohol motifs (C(OH)–C–C–N with tert-alkyl or cyclic N) is 1. The first-order valence-electron chi connectivity index (χ1n) is 9.71. The average molecular weight is 597 g/mol. The van der Waals surface area contributed by atoms with E-state index in [0.29, 0.717) is 22.8 Å². The molecule has 0 aliphatic carbocycles. The number of anilines is 1. The summed E-state index contributed by atoms with van der Waals surface area (Å²) in [6.45, 7) is 3.33. The topological polar surface area (TPSA) is 66.3 Å². The molecule has 0 saturated carbocycles. The quantitative estimate of drug-likeness (QED) is 0.362. The van der Waals surface area contributed by atoms with Crippen molar-refractivity contribution in [2.24, 2.45) is 5.92 Å². The van der Waals surface area contributed by atoms with E-state index in [1.807, 2.05) is 11.0 Å². The number of rotatable bonds is 5. The molecule has 1 aliphatic heterocycles. The van der Waals surface area contributed by atoms with Crippen LogP contribution in [0.3, 0.4) is 0 Å². The monoisotopic (exact) mass is 597 g/mol. The smallest absolute Gasteiger partial charge is 0.391 e. The van der Waals surface area contributed by atoms with Crippen molar-refractivity contribution in [3.8, 4) is 0 Å². The van der Waals surface area contributed by atoms with Crippen molar-refractivity contribution in [2.45, 2.75) is 25.9 Å². The molecule has 1 aromatic carbocycles. The molecular weight excluding hydrogens is 575 g/mol. The number of aliphatic hydroxyl groups excluding tert-OH is 1. The third-order valence-corrected chi connectivity index (χ3v) is 7.76. The van der Waals surface area contributed by atoms with Crippen LogP contribution in [0.1, 0.15) is 39.7 Å². The summed E-state index contributed by atoms with van der Waals surface area (Å²) < 4.78 is 1.40. The Bertz CT molecular complexity index is 1020. The van der Waals surface area contributed by atoms with E-state index in [1.54, 1.807) is 6.20 Å². The first-order chi connectivity index (χ1) is 14.0. The number of nitrogens with zero attached hydrogens (tertiary/aromatic N) is 3. The summed E-state index contributed by atoms with van der Waals surface area (Å²) >= 11 is 2.30. The van der Waals surface area contributed by atoms with Crippen LogP contribution in [0, 0.1) is 5.92 Å². The zero-order chi connectivity index (χ0) is 20.4. The zero-order valence-corrected chi connectivity index (χ0v) is 21.6. The van der Waals surface area contributed by atoms with Crippen molar-refractivity contribution in [3.05, 3.63) is 69.8 Å². The number of piperidine rings is 1. The van der Waals surface area contributed by atoms with Crippen molar-refractivity contribution >= 4 is 51.8 Å². The Balaban J connectivity index is 1.55. The second-order valence-corrected chi connectivity index (χ2v) is 11.1. The van der Waals surface area contributed by atoms with Gasteiger partial charge in [-0.1, -0.05) is 6.92 Å². The molecule has 3 aromatic rings. The van der Waals surface area contributed by atoms with Crippen LogP contribution in [-0.4, -0.2) is 65.8 Å². The molecule has 0 radical (unpaired) electrons. The van der Waals surface area contributed by atoms with Crippen LogP contribution in [0.4, 0.5) is 5.82 Å². The summed E-state index contributed by atoms with van der Waals surface area (Å²) in [4.78, 5) is 24.4. The van der Waals surface area contributed by atoms with Crippen LogP contribution in [0.2, 0.25) is 0 Å². The molecular formula is C22H22N3O2STl. The van der Waals surface area contributed by atoms with Gasteiger partial charge in [-0.2, -0.15) is 0 Å². The van der Waals surface area contributed by atoms with Crippen LogP contribution >= 0.6 is 11.3 Å². The number of aliphatic hydroxyl groups is 1. The van der Waals surface area contributed by atoms with Gasteiger partial charge in [-0.15, -0.1) is 0 Å². The molecule has 4 rings (SSSR count). The Morgan fingerprint density at radius 3 is 3.00 bits per heavy atom. The number of ketones is 1. The molecule has 7 heteroatoms. The molecule has 2 atom stereocenters. The maximum absolute atomic E-state index is 13.2. The normalized spacial score (nSPS) is 19.3. The van der Waals surface area contributed by atoms with E-state index in [1.165, 1.54) is 26.4 Å². The number of hydrogen-bond donors (Lipinski definition) is 1. The van der Waals surface area contributed by atoms with E-state index in [-0.39, 0.29) is 11.7 Å². The van der Waals surface area contributed by atoms with Gasteiger partial charge in [-0.05, 0) is 12.3 Å². The zero-order valence-electron chi connectivity index (χ0n) is 16.3. The van der Waals surface area contributed by atoms with Crippen LogP contribution in [-0.2, 0) is 6.42 Å². The molecule has 1 fully saturated rings. The Morgan fingerprint density at radius 2 is 2.21 bits per heavy atom. The van der Waals surface area contributed by atoms with E-state index in [4.69, 9.17) is 0 Å². The van der Waals surface area contributed by atoms with E-state index in [2.05, 4.69) is 46.5 Å². The maximum atomic E-state index is 13.2. The van der Waals surface area contributed by atoms with Crippen molar-refractivity contribution in [1.29, 1.82) is 0 Å². The summed E-state index contributed by atoms with van der Waals surface area (Å²) in [5.41, 5.74) is 2.93. The number of carbonyl (C=O) groups is 1. The Kier molecular flexibility index (Phi) is 6.41. The van der Waals surface area contributed by atoms with Gasteiger partial charge in [0.1, 0.15) is 0 Å².